The highest BCUT2D eigenvalue weighted by molar-refractivity contribution is 5.93. The highest BCUT2D eigenvalue weighted by Crippen LogP contribution is 2.36. The number of hydrogen-bond acceptors (Lipinski definition) is 2. The van der Waals surface area contributed by atoms with E-state index in [-0.39, 0.29) is 0 Å². The molecule has 0 unspecified atom stereocenters. The van der Waals surface area contributed by atoms with Crippen molar-refractivity contribution in [3.8, 4) is 11.4 Å². The van der Waals surface area contributed by atoms with E-state index in [0.29, 0.717) is 22.3 Å². The first kappa shape index (κ1) is 12.7. The van der Waals surface area contributed by atoms with E-state index in [2.05, 4.69) is 15.2 Å². The van der Waals surface area contributed by atoms with Gasteiger partial charge in [0.15, 0.2) is 0 Å². The van der Waals surface area contributed by atoms with Gasteiger partial charge in [-0.3, -0.25) is 5.10 Å². The third-order valence-electron chi connectivity index (χ3n) is 3.12. The highest BCUT2D eigenvalue weighted by atomic mass is 19.4. The van der Waals surface area contributed by atoms with Crippen LogP contribution in [0.25, 0.3) is 22.3 Å². The zero-order valence-corrected chi connectivity index (χ0v) is 10.8. The summed E-state index contributed by atoms with van der Waals surface area (Å²) in [5.74, 6) is 0.486. The van der Waals surface area contributed by atoms with E-state index in [1.165, 1.54) is 6.20 Å². The van der Waals surface area contributed by atoms with Crippen LogP contribution in [-0.2, 0) is 13.2 Å². The predicted molar refractivity (Wildman–Crippen MR) is 68.0 cm³/mol. The molecule has 2 heterocycles. The lowest BCUT2D eigenvalue weighted by atomic mass is 10.1. The summed E-state index contributed by atoms with van der Waals surface area (Å²) in [5, 5.41) is 7.02. The third-order valence-corrected chi connectivity index (χ3v) is 3.12. The number of imidazole rings is 1. The summed E-state index contributed by atoms with van der Waals surface area (Å²) in [6.45, 7) is 1.80. The highest BCUT2D eigenvalue weighted by Gasteiger charge is 2.32. The largest absolute Gasteiger partial charge is 0.416 e. The standard InChI is InChI=1S/C13H11F3N4/c1-7-6-20(2)12(18-7)9-3-8(13(14,15)16)4-11-10(9)5-17-19-11/h3-6H,1-2H3,(H,17,19). The summed E-state index contributed by atoms with van der Waals surface area (Å²) in [6.07, 6.45) is -1.13. The Morgan fingerprint density at radius 3 is 2.60 bits per heavy atom. The second-order valence-corrected chi connectivity index (χ2v) is 4.67. The second kappa shape index (κ2) is 4.09. The average molecular weight is 280 g/mol. The fourth-order valence-electron chi connectivity index (χ4n) is 2.27. The maximum absolute atomic E-state index is 13.0. The molecule has 0 spiro atoms. The maximum Gasteiger partial charge on any atom is 0.416 e. The summed E-state index contributed by atoms with van der Waals surface area (Å²) < 4.78 is 40.6. The molecule has 7 heteroatoms. The summed E-state index contributed by atoms with van der Waals surface area (Å²) in [7, 11) is 1.75. The van der Waals surface area contributed by atoms with Crippen LogP contribution >= 0.6 is 0 Å². The number of aryl methyl sites for hydroxylation is 2. The molecule has 20 heavy (non-hydrogen) atoms. The lowest BCUT2D eigenvalue weighted by molar-refractivity contribution is -0.137. The van der Waals surface area contributed by atoms with Crippen LogP contribution in [-0.4, -0.2) is 19.7 Å². The Morgan fingerprint density at radius 2 is 2.00 bits per heavy atom. The normalized spacial score (nSPS) is 12.2. The number of alkyl halides is 3. The van der Waals surface area contributed by atoms with E-state index in [4.69, 9.17) is 0 Å². The van der Waals surface area contributed by atoms with E-state index in [9.17, 15) is 13.2 Å². The minimum atomic E-state index is -4.41. The van der Waals surface area contributed by atoms with Gasteiger partial charge in [0.25, 0.3) is 0 Å². The molecule has 0 aliphatic heterocycles. The van der Waals surface area contributed by atoms with Crippen molar-refractivity contribution in [2.24, 2.45) is 7.05 Å². The van der Waals surface area contributed by atoms with Crippen molar-refractivity contribution in [1.29, 1.82) is 0 Å². The molecule has 3 aromatic rings. The van der Waals surface area contributed by atoms with Crippen LogP contribution in [0.5, 0.6) is 0 Å². The monoisotopic (exact) mass is 280 g/mol. The Balaban J connectivity index is 2.33. The van der Waals surface area contributed by atoms with Crippen LogP contribution in [0.2, 0.25) is 0 Å². The Labute approximate surface area is 112 Å². The molecule has 1 aromatic carbocycles. The topological polar surface area (TPSA) is 46.5 Å². The molecular weight excluding hydrogens is 269 g/mol. The Kier molecular flexibility index (Phi) is 2.60. The zero-order chi connectivity index (χ0) is 14.5. The lowest BCUT2D eigenvalue weighted by Crippen LogP contribution is -2.05. The summed E-state index contributed by atoms with van der Waals surface area (Å²) in [4.78, 5) is 4.29. The van der Waals surface area contributed by atoms with Gasteiger partial charge in [-0.15, -0.1) is 0 Å². The fraction of sp³-hybridized carbons (Fsp3) is 0.231. The van der Waals surface area contributed by atoms with Crippen molar-refractivity contribution in [2.75, 3.05) is 0 Å². The van der Waals surface area contributed by atoms with Crippen LogP contribution in [0, 0.1) is 6.92 Å². The molecule has 0 bridgehead atoms. The Bertz CT molecular complexity index is 783. The molecule has 0 aliphatic rings. The van der Waals surface area contributed by atoms with E-state index < -0.39 is 11.7 Å². The lowest BCUT2D eigenvalue weighted by Gasteiger charge is -2.10. The van der Waals surface area contributed by atoms with Gasteiger partial charge in [0, 0.05) is 24.2 Å². The van der Waals surface area contributed by atoms with E-state index in [1.807, 2.05) is 0 Å². The van der Waals surface area contributed by atoms with Gasteiger partial charge in [-0.2, -0.15) is 18.3 Å². The smallest absolute Gasteiger partial charge is 0.334 e. The summed E-state index contributed by atoms with van der Waals surface area (Å²) in [5.41, 5.74) is 0.788. The molecule has 0 amide bonds. The number of fused-ring (bicyclic) bond motifs is 1. The number of aromatic amines is 1. The number of nitrogens with one attached hydrogen (secondary N) is 1. The van der Waals surface area contributed by atoms with Gasteiger partial charge in [0.05, 0.1) is 23.0 Å². The van der Waals surface area contributed by atoms with Crippen molar-refractivity contribution >= 4 is 10.9 Å². The van der Waals surface area contributed by atoms with Crippen LogP contribution in [0.15, 0.2) is 24.5 Å². The molecular formula is C13H11F3N4. The number of aromatic nitrogens is 4. The molecule has 104 valence electrons. The van der Waals surface area contributed by atoms with E-state index in [1.54, 1.807) is 24.7 Å². The van der Waals surface area contributed by atoms with Gasteiger partial charge >= 0.3 is 6.18 Å². The van der Waals surface area contributed by atoms with Crippen molar-refractivity contribution in [1.82, 2.24) is 19.7 Å². The molecule has 0 saturated carbocycles. The molecule has 0 atom stereocenters. The Morgan fingerprint density at radius 1 is 1.25 bits per heavy atom. The van der Waals surface area contributed by atoms with Gasteiger partial charge in [-0.25, -0.2) is 4.98 Å². The third kappa shape index (κ3) is 1.95. The van der Waals surface area contributed by atoms with E-state index >= 15 is 0 Å². The number of nitrogens with zero attached hydrogens (tertiary/aromatic N) is 3. The van der Waals surface area contributed by atoms with Crippen molar-refractivity contribution in [3.05, 3.63) is 35.8 Å². The minimum Gasteiger partial charge on any atom is -0.334 e. The molecule has 3 rings (SSSR count). The van der Waals surface area contributed by atoms with Crippen LogP contribution in [0.1, 0.15) is 11.3 Å². The first-order chi connectivity index (χ1) is 9.36. The first-order valence-electron chi connectivity index (χ1n) is 5.91. The van der Waals surface area contributed by atoms with Crippen LogP contribution in [0.4, 0.5) is 13.2 Å². The molecule has 1 N–H and O–H groups in total. The van der Waals surface area contributed by atoms with Gasteiger partial charge in [-0.1, -0.05) is 0 Å². The number of hydrogen-bond donors (Lipinski definition) is 1. The minimum absolute atomic E-state index is 0.343. The van der Waals surface area contributed by atoms with Gasteiger partial charge < -0.3 is 4.57 Å². The van der Waals surface area contributed by atoms with Gasteiger partial charge in [0.2, 0.25) is 0 Å². The quantitative estimate of drug-likeness (QED) is 0.743. The molecule has 4 nitrogen and oxygen atoms in total. The van der Waals surface area contributed by atoms with Crippen molar-refractivity contribution in [2.45, 2.75) is 13.1 Å². The van der Waals surface area contributed by atoms with Crippen LogP contribution in [0.3, 0.4) is 0 Å². The molecule has 2 aromatic heterocycles. The van der Waals surface area contributed by atoms with E-state index in [0.717, 1.165) is 17.8 Å². The number of benzene rings is 1. The molecule has 0 aliphatic carbocycles. The summed E-state index contributed by atoms with van der Waals surface area (Å²) in [6, 6.07) is 2.17. The molecule has 0 radical (unpaired) electrons. The average Bonchev–Trinajstić information content (AvgIpc) is 2.92. The number of rotatable bonds is 1. The maximum atomic E-state index is 13.0. The number of halogens is 3. The van der Waals surface area contributed by atoms with Crippen LogP contribution < -0.4 is 0 Å². The second-order valence-electron chi connectivity index (χ2n) is 4.67. The molecule has 0 saturated heterocycles. The van der Waals surface area contributed by atoms with Crippen molar-refractivity contribution < 1.29 is 13.2 Å². The summed E-state index contributed by atoms with van der Waals surface area (Å²) >= 11 is 0. The van der Waals surface area contributed by atoms with Gasteiger partial charge in [0.1, 0.15) is 5.82 Å². The first-order valence-corrected chi connectivity index (χ1v) is 5.91. The Hall–Kier alpha value is -2.31. The fourth-order valence-corrected chi connectivity index (χ4v) is 2.27. The molecule has 0 fully saturated rings. The van der Waals surface area contributed by atoms with Gasteiger partial charge in [-0.05, 0) is 19.1 Å². The SMILES string of the molecule is Cc1cn(C)c(-c2cc(C(F)(F)F)cc3[nH]ncc23)n1. The zero-order valence-electron chi connectivity index (χ0n) is 10.8. The van der Waals surface area contributed by atoms with Crippen molar-refractivity contribution in [3.63, 3.8) is 0 Å². The predicted octanol–water partition coefficient (Wildman–Crippen LogP) is 3.29. The number of H-pyrrole nitrogens is 1.